The van der Waals surface area contributed by atoms with Crippen LogP contribution in [0.25, 0.3) is 0 Å². The average molecular weight is 291 g/mol. The van der Waals surface area contributed by atoms with Gasteiger partial charge in [-0.2, -0.15) is 5.10 Å². The highest BCUT2D eigenvalue weighted by molar-refractivity contribution is 5.93. The summed E-state index contributed by atoms with van der Waals surface area (Å²) < 4.78 is 6.84. The maximum absolute atomic E-state index is 12.1. The van der Waals surface area contributed by atoms with Gasteiger partial charge in [-0.15, -0.1) is 0 Å². The SMILES string of the molecule is Cc1cc(NC(=O)[C@H](C)N[C@@H](C)[C@H](C)n2cccn2)on1. The molecule has 7 heteroatoms. The Balaban J connectivity index is 1.88. The molecular weight excluding hydrogens is 270 g/mol. The highest BCUT2D eigenvalue weighted by Gasteiger charge is 2.21. The minimum absolute atomic E-state index is 0.0853. The van der Waals surface area contributed by atoms with E-state index in [0.29, 0.717) is 5.88 Å². The lowest BCUT2D eigenvalue weighted by atomic mass is 10.1. The predicted molar refractivity (Wildman–Crippen MR) is 78.9 cm³/mol. The van der Waals surface area contributed by atoms with Gasteiger partial charge >= 0.3 is 0 Å². The first-order valence-corrected chi connectivity index (χ1v) is 6.96. The summed E-state index contributed by atoms with van der Waals surface area (Å²) in [6.45, 7) is 7.68. The molecule has 0 fully saturated rings. The van der Waals surface area contributed by atoms with E-state index in [-0.39, 0.29) is 24.0 Å². The van der Waals surface area contributed by atoms with E-state index < -0.39 is 0 Å². The van der Waals surface area contributed by atoms with Crippen molar-refractivity contribution in [1.29, 1.82) is 0 Å². The fourth-order valence-electron chi connectivity index (χ4n) is 2.01. The van der Waals surface area contributed by atoms with Crippen molar-refractivity contribution in [2.24, 2.45) is 0 Å². The van der Waals surface area contributed by atoms with Gasteiger partial charge in [0.1, 0.15) is 0 Å². The lowest BCUT2D eigenvalue weighted by Crippen LogP contribution is -2.45. The van der Waals surface area contributed by atoms with Gasteiger partial charge in [0.05, 0.1) is 17.8 Å². The van der Waals surface area contributed by atoms with Crippen LogP contribution in [0.4, 0.5) is 5.88 Å². The van der Waals surface area contributed by atoms with Gasteiger partial charge in [-0.25, -0.2) is 0 Å². The number of carbonyl (C=O) groups excluding carboxylic acids is 1. The zero-order valence-electron chi connectivity index (χ0n) is 12.7. The van der Waals surface area contributed by atoms with Crippen LogP contribution in [-0.2, 0) is 4.79 Å². The third kappa shape index (κ3) is 3.91. The number of rotatable bonds is 6. The van der Waals surface area contributed by atoms with Crippen LogP contribution >= 0.6 is 0 Å². The molecular formula is C14H21N5O2. The Morgan fingerprint density at radius 1 is 1.38 bits per heavy atom. The Labute approximate surface area is 123 Å². The van der Waals surface area contributed by atoms with Crippen LogP contribution in [0, 0.1) is 6.92 Å². The normalized spacial score (nSPS) is 15.4. The van der Waals surface area contributed by atoms with E-state index in [1.54, 1.807) is 19.2 Å². The van der Waals surface area contributed by atoms with Crippen molar-refractivity contribution in [3.63, 3.8) is 0 Å². The van der Waals surface area contributed by atoms with E-state index in [1.165, 1.54) is 0 Å². The summed E-state index contributed by atoms with van der Waals surface area (Å²) in [6.07, 6.45) is 3.65. The van der Waals surface area contributed by atoms with Crippen LogP contribution in [0.15, 0.2) is 29.0 Å². The van der Waals surface area contributed by atoms with Crippen LogP contribution in [0.5, 0.6) is 0 Å². The second-order valence-corrected chi connectivity index (χ2v) is 5.23. The van der Waals surface area contributed by atoms with Gasteiger partial charge in [0, 0.05) is 24.5 Å². The zero-order valence-corrected chi connectivity index (χ0v) is 12.7. The molecule has 2 N–H and O–H groups in total. The van der Waals surface area contributed by atoms with E-state index in [0.717, 1.165) is 5.69 Å². The molecule has 7 nitrogen and oxygen atoms in total. The minimum Gasteiger partial charge on any atom is -0.338 e. The highest BCUT2D eigenvalue weighted by Crippen LogP contribution is 2.11. The topological polar surface area (TPSA) is 85.0 Å². The van der Waals surface area contributed by atoms with E-state index >= 15 is 0 Å². The van der Waals surface area contributed by atoms with Crippen molar-refractivity contribution in [3.8, 4) is 0 Å². The second kappa shape index (κ2) is 6.53. The maximum atomic E-state index is 12.1. The number of anilines is 1. The summed E-state index contributed by atoms with van der Waals surface area (Å²) >= 11 is 0. The maximum Gasteiger partial charge on any atom is 0.243 e. The van der Waals surface area contributed by atoms with Crippen molar-refractivity contribution in [2.45, 2.75) is 45.8 Å². The molecule has 0 aliphatic rings. The monoisotopic (exact) mass is 291 g/mol. The molecule has 0 radical (unpaired) electrons. The number of carbonyl (C=O) groups is 1. The molecule has 21 heavy (non-hydrogen) atoms. The van der Waals surface area contributed by atoms with Crippen molar-refractivity contribution in [3.05, 3.63) is 30.2 Å². The molecule has 0 aliphatic carbocycles. The van der Waals surface area contributed by atoms with Gasteiger partial charge in [0.2, 0.25) is 11.8 Å². The molecule has 0 aromatic carbocycles. The molecule has 3 atom stereocenters. The van der Waals surface area contributed by atoms with E-state index in [1.807, 2.05) is 30.8 Å². The molecule has 0 saturated carbocycles. The Hall–Kier alpha value is -2.15. The van der Waals surface area contributed by atoms with Gasteiger partial charge in [-0.1, -0.05) is 5.16 Å². The van der Waals surface area contributed by atoms with Crippen LogP contribution in [-0.4, -0.2) is 32.9 Å². The number of nitrogens with one attached hydrogen (secondary N) is 2. The quantitative estimate of drug-likeness (QED) is 0.847. The molecule has 1 amide bonds. The third-order valence-corrected chi connectivity index (χ3v) is 3.45. The lowest BCUT2D eigenvalue weighted by Gasteiger charge is -2.24. The molecule has 2 rings (SSSR count). The largest absolute Gasteiger partial charge is 0.338 e. The predicted octanol–water partition coefficient (Wildman–Crippen LogP) is 1.75. The van der Waals surface area contributed by atoms with Gasteiger partial charge in [0.15, 0.2) is 0 Å². The van der Waals surface area contributed by atoms with E-state index in [2.05, 4.69) is 27.8 Å². The third-order valence-electron chi connectivity index (χ3n) is 3.45. The molecule has 2 aromatic heterocycles. The molecule has 0 bridgehead atoms. The lowest BCUT2D eigenvalue weighted by molar-refractivity contribution is -0.118. The summed E-state index contributed by atoms with van der Waals surface area (Å²) in [5.74, 6) is 0.199. The van der Waals surface area contributed by atoms with Crippen molar-refractivity contribution < 1.29 is 9.32 Å². The van der Waals surface area contributed by atoms with Gasteiger partial charge < -0.3 is 9.84 Å². The fraction of sp³-hybridized carbons (Fsp3) is 0.500. The molecule has 0 unspecified atom stereocenters. The average Bonchev–Trinajstić information content (AvgIpc) is 3.09. The van der Waals surface area contributed by atoms with E-state index in [9.17, 15) is 4.79 Å². The molecule has 114 valence electrons. The number of hydrogen-bond donors (Lipinski definition) is 2. The summed E-state index contributed by atoms with van der Waals surface area (Å²) in [6, 6.07) is 3.43. The highest BCUT2D eigenvalue weighted by atomic mass is 16.5. The fourth-order valence-corrected chi connectivity index (χ4v) is 2.01. The Morgan fingerprint density at radius 3 is 2.71 bits per heavy atom. The molecule has 2 heterocycles. The molecule has 0 aliphatic heterocycles. The number of aryl methyl sites for hydroxylation is 1. The summed E-state index contributed by atoms with van der Waals surface area (Å²) in [5, 5.41) is 13.9. The van der Waals surface area contributed by atoms with Crippen LogP contribution in [0.1, 0.15) is 32.5 Å². The van der Waals surface area contributed by atoms with Crippen LogP contribution in [0.2, 0.25) is 0 Å². The van der Waals surface area contributed by atoms with E-state index in [4.69, 9.17) is 4.52 Å². The van der Waals surface area contributed by atoms with Gasteiger partial charge in [-0.3, -0.25) is 14.8 Å². The van der Waals surface area contributed by atoms with Crippen molar-refractivity contribution in [1.82, 2.24) is 20.3 Å². The first kappa shape index (κ1) is 15.2. The number of hydrogen-bond acceptors (Lipinski definition) is 5. The zero-order chi connectivity index (χ0) is 15.4. The van der Waals surface area contributed by atoms with Crippen LogP contribution < -0.4 is 10.6 Å². The smallest absolute Gasteiger partial charge is 0.243 e. The summed E-state index contributed by atoms with van der Waals surface area (Å²) in [4.78, 5) is 12.1. The Bertz CT molecular complexity index is 578. The van der Waals surface area contributed by atoms with Crippen molar-refractivity contribution in [2.75, 3.05) is 5.32 Å². The molecule has 2 aromatic rings. The standard InChI is InChI=1S/C14H21N5O2/c1-9-8-13(21-18-9)17-14(20)11(3)16-10(2)12(4)19-7-5-6-15-19/h5-8,10-12,16H,1-4H3,(H,17,20)/t10-,11-,12-/m0/s1. The van der Waals surface area contributed by atoms with Gasteiger partial charge in [-0.05, 0) is 33.8 Å². The van der Waals surface area contributed by atoms with Gasteiger partial charge in [0.25, 0.3) is 0 Å². The first-order valence-electron chi connectivity index (χ1n) is 6.96. The summed E-state index contributed by atoms with van der Waals surface area (Å²) in [5.41, 5.74) is 0.728. The Kier molecular flexibility index (Phi) is 4.74. The molecule has 0 saturated heterocycles. The van der Waals surface area contributed by atoms with Crippen LogP contribution in [0.3, 0.4) is 0 Å². The number of amides is 1. The minimum atomic E-state index is -0.358. The number of nitrogens with zero attached hydrogens (tertiary/aromatic N) is 3. The second-order valence-electron chi connectivity index (χ2n) is 5.23. The first-order chi connectivity index (χ1) is 9.97. The Morgan fingerprint density at radius 2 is 2.14 bits per heavy atom. The van der Waals surface area contributed by atoms with Crippen molar-refractivity contribution >= 4 is 11.8 Å². The molecule has 0 spiro atoms. The number of aromatic nitrogens is 3. The summed E-state index contributed by atoms with van der Waals surface area (Å²) in [7, 11) is 0.